The van der Waals surface area contributed by atoms with E-state index < -0.39 is 8.07 Å². The molecule has 0 aliphatic heterocycles. The maximum absolute atomic E-state index is 7.12. The average Bonchev–Trinajstić information content (AvgIpc) is 1.95. The van der Waals surface area contributed by atoms with E-state index in [1.54, 1.807) is 0 Å². The van der Waals surface area contributed by atoms with Crippen LogP contribution in [-0.4, -0.2) is 8.07 Å². The topological polar surface area (TPSA) is 0 Å². The van der Waals surface area contributed by atoms with Crippen molar-refractivity contribution in [1.29, 1.82) is 0 Å². The van der Waals surface area contributed by atoms with Crippen LogP contribution in [0.1, 0.15) is 20.8 Å². The largest absolute Gasteiger partial charge is 0.701 e. The predicted molar refractivity (Wildman–Crippen MR) is 44.3 cm³/mol. The maximum Gasteiger partial charge on any atom is 0.0891 e. The van der Waals surface area contributed by atoms with Crippen LogP contribution in [0.25, 0.3) is 0 Å². The Hall–Kier alpha value is -0.223. The molecule has 0 aromatic rings. The van der Waals surface area contributed by atoms with Crippen molar-refractivity contribution < 1.29 is 0 Å². The van der Waals surface area contributed by atoms with E-state index in [-0.39, 0.29) is 0 Å². The van der Waals surface area contributed by atoms with Crippen molar-refractivity contribution in [1.82, 2.24) is 0 Å². The summed E-state index contributed by atoms with van der Waals surface area (Å²) in [5.41, 5.74) is 2.75. The second kappa shape index (κ2) is 3.74. The third-order valence-corrected chi connectivity index (χ3v) is 6.89. The minimum Gasteiger partial charge on any atom is -0.701 e. The Balaban J connectivity index is 4.04. The maximum atomic E-state index is 7.12. The molecule has 0 radical (unpaired) electrons. The lowest BCUT2D eigenvalue weighted by molar-refractivity contribution is 1.20. The first kappa shape index (κ1) is 8.78. The monoisotopic (exact) mass is 139 g/mol. The third kappa shape index (κ3) is 1.87. The molecule has 0 bridgehead atoms. The molecule has 52 valence electrons. The van der Waals surface area contributed by atoms with Crippen molar-refractivity contribution in [2.45, 2.75) is 38.9 Å². The predicted octanol–water partition coefficient (Wildman–Crippen LogP) is 2.62. The molecule has 0 spiro atoms. The van der Waals surface area contributed by atoms with Crippen LogP contribution in [0, 0.1) is 12.0 Å². The first-order chi connectivity index (χ1) is 4.24. The number of rotatable bonds is 3. The molecule has 0 saturated carbocycles. The second-order valence-electron chi connectivity index (χ2n) is 2.47. The van der Waals surface area contributed by atoms with Gasteiger partial charge in [-0.2, -0.15) is 0 Å². The van der Waals surface area contributed by atoms with E-state index in [0.717, 1.165) is 0 Å². The average molecular weight is 139 g/mol. The van der Waals surface area contributed by atoms with Crippen molar-refractivity contribution in [3.8, 4) is 5.54 Å². The SMILES string of the molecule is [C-]#C[Si](CC)(CC)CC. The Morgan fingerprint density at radius 1 is 1.11 bits per heavy atom. The molecule has 1 heteroatoms. The van der Waals surface area contributed by atoms with E-state index in [0.29, 0.717) is 0 Å². The zero-order chi connectivity index (χ0) is 7.33. The van der Waals surface area contributed by atoms with Gasteiger partial charge in [0.15, 0.2) is 0 Å². The van der Waals surface area contributed by atoms with Crippen molar-refractivity contribution >= 4 is 8.07 Å². The lowest BCUT2D eigenvalue weighted by Gasteiger charge is -2.24. The highest BCUT2D eigenvalue weighted by Crippen LogP contribution is 2.17. The Bertz CT molecular complexity index is 98.0. The van der Waals surface area contributed by atoms with E-state index in [4.69, 9.17) is 6.42 Å². The van der Waals surface area contributed by atoms with Gasteiger partial charge in [0.1, 0.15) is 0 Å². The van der Waals surface area contributed by atoms with Crippen molar-refractivity contribution in [2.75, 3.05) is 0 Å². The van der Waals surface area contributed by atoms with Crippen LogP contribution >= 0.6 is 0 Å². The zero-order valence-corrected chi connectivity index (χ0v) is 7.62. The van der Waals surface area contributed by atoms with Gasteiger partial charge in [0, 0.05) is 0 Å². The standard InChI is InChI=1S/C8H15Si/c1-5-9(6-2,7-3)8-4/h5-7H2,1-3H3/q-1. The molecule has 9 heavy (non-hydrogen) atoms. The molecule has 0 nitrogen and oxygen atoms in total. The molecule has 0 saturated heterocycles. The molecule has 0 heterocycles. The van der Waals surface area contributed by atoms with Crippen LogP contribution in [0.4, 0.5) is 0 Å². The van der Waals surface area contributed by atoms with Crippen molar-refractivity contribution in [3.05, 3.63) is 6.42 Å². The van der Waals surface area contributed by atoms with Gasteiger partial charge in [-0.3, -0.25) is 0 Å². The van der Waals surface area contributed by atoms with Crippen LogP contribution in [0.3, 0.4) is 0 Å². The highest BCUT2D eigenvalue weighted by Gasteiger charge is 2.18. The third-order valence-electron chi connectivity index (χ3n) is 2.30. The summed E-state index contributed by atoms with van der Waals surface area (Å²) in [7, 11) is -1.27. The fourth-order valence-electron chi connectivity index (χ4n) is 1.02. The molecule has 0 unspecified atom stereocenters. The van der Waals surface area contributed by atoms with Gasteiger partial charge in [-0.05, 0) is 0 Å². The summed E-state index contributed by atoms with van der Waals surface area (Å²) in [6.45, 7) is 6.54. The normalized spacial score (nSPS) is 10.9. The fraction of sp³-hybridized carbons (Fsp3) is 0.750. The first-order valence-electron chi connectivity index (χ1n) is 3.68. The molecule has 0 rings (SSSR count). The van der Waals surface area contributed by atoms with E-state index >= 15 is 0 Å². The van der Waals surface area contributed by atoms with Gasteiger partial charge in [-0.25, -0.2) is 0 Å². The van der Waals surface area contributed by atoms with Crippen LogP contribution < -0.4 is 0 Å². The summed E-state index contributed by atoms with van der Waals surface area (Å²) in [5, 5.41) is 0. The van der Waals surface area contributed by atoms with Crippen LogP contribution in [0.15, 0.2) is 0 Å². The molecule has 0 aromatic carbocycles. The Morgan fingerprint density at radius 2 is 1.44 bits per heavy atom. The highest BCUT2D eigenvalue weighted by molar-refractivity contribution is 6.86. The summed E-state index contributed by atoms with van der Waals surface area (Å²) in [4.78, 5) is 0. The molecule has 0 N–H and O–H groups in total. The lowest BCUT2D eigenvalue weighted by Crippen LogP contribution is -2.28. The van der Waals surface area contributed by atoms with Gasteiger partial charge in [-0.15, -0.1) is 0 Å². The fourth-order valence-corrected chi connectivity index (χ4v) is 3.05. The zero-order valence-electron chi connectivity index (χ0n) is 6.62. The van der Waals surface area contributed by atoms with Gasteiger partial charge in [0.2, 0.25) is 0 Å². The molecule has 0 aliphatic carbocycles. The molecule has 0 atom stereocenters. The molecule has 0 aromatic heterocycles. The van der Waals surface area contributed by atoms with Gasteiger partial charge in [-0.1, -0.05) is 38.9 Å². The van der Waals surface area contributed by atoms with Gasteiger partial charge in [0.05, 0.1) is 8.07 Å². The minimum atomic E-state index is -1.27. The van der Waals surface area contributed by atoms with Crippen LogP contribution in [0.5, 0.6) is 0 Å². The van der Waals surface area contributed by atoms with Gasteiger partial charge < -0.3 is 12.0 Å². The summed E-state index contributed by atoms with van der Waals surface area (Å²) in [5.74, 6) is 0. The number of hydrogen-bond acceptors (Lipinski definition) is 0. The molecular weight excluding hydrogens is 124 g/mol. The molecular formula is C8H15Si-. The number of hydrogen-bond donors (Lipinski definition) is 0. The first-order valence-corrected chi connectivity index (χ1v) is 6.30. The summed E-state index contributed by atoms with van der Waals surface area (Å²) in [6, 6.07) is 3.55. The summed E-state index contributed by atoms with van der Waals surface area (Å²) >= 11 is 0. The van der Waals surface area contributed by atoms with Crippen molar-refractivity contribution in [3.63, 3.8) is 0 Å². The molecule has 0 fully saturated rings. The van der Waals surface area contributed by atoms with E-state index in [1.165, 1.54) is 18.1 Å². The van der Waals surface area contributed by atoms with Crippen molar-refractivity contribution in [2.24, 2.45) is 0 Å². The molecule has 0 aliphatic rings. The Labute approximate surface area is 59.7 Å². The minimum absolute atomic E-state index is 1.18. The Kier molecular flexibility index (Phi) is 3.64. The van der Waals surface area contributed by atoms with Crippen LogP contribution in [0.2, 0.25) is 18.1 Å². The van der Waals surface area contributed by atoms with Crippen LogP contribution in [-0.2, 0) is 0 Å². The smallest absolute Gasteiger partial charge is 0.0891 e. The van der Waals surface area contributed by atoms with E-state index in [9.17, 15) is 0 Å². The quantitative estimate of drug-likeness (QED) is 0.320. The van der Waals surface area contributed by atoms with Gasteiger partial charge in [0.25, 0.3) is 0 Å². The van der Waals surface area contributed by atoms with E-state index in [1.807, 2.05) is 0 Å². The highest BCUT2D eigenvalue weighted by atomic mass is 28.3. The van der Waals surface area contributed by atoms with Gasteiger partial charge >= 0.3 is 0 Å². The lowest BCUT2D eigenvalue weighted by atomic mass is 10.9. The second-order valence-corrected chi connectivity index (χ2v) is 7.40. The summed E-state index contributed by atoms with van der Waals surface area (Å²) in [6.07, 6.45) is 7.12. The summed E-state index contributed by atoms with van der Waals surface area (Å²) < 4.78 is 0. The van der Waals surface area contributed by atoms with E-state index in [2.05, 4.69) is 26.3 Å². The Morgan fingerprint density at radius 3 is 1.44 bits per heavy atom. The molecule has 0 amide bonds.